The lowest BCUT2D eigenvalue weighted by Crippen LogP contribution is -2.18. The van der Waals surface area contributed by atoms with Gasteiger partial charge in [0.2, 0.25) is 5.91 Å². The number of amides is 1. The molecule has 134 valence electrons. The molecule has 5 heteroatoms. The first kappa shape index (κ1) is 17.7. The maximum atomic E-state index is 12.4. The molecule has 0 aliphatic rings. The average molecular weight is 348 g/mol. The summed E-state index contributed by atoms with van der Waals surface area (Å²) in [7, 11) is 4.04. The number of nitrogens with zero attached hydrogens (tertiary/aromatic N) is 3. The smallest absolute Gasteiger partial charge is 0.229 e. The van der Waals surface area contributed by atoms with E-state index < -0.39 is 0 Å². The highest BCUT2D eigenvalue weighted by Gasteiger charge is 2.10. The van der Waals surface area contributed by atoms with Gasteiger partial charge in [-0.15, -0.1) is 0 Å². The molecule has 1 heterocycles. The minimum absolute atomic E-state index is 0.0380. The third-order valence-corrected chi connectivity index (χ3v) is 4.38. The number of benzene rings is 2. The summed E-state index contributed by atoms with van der Waals surface area (Å²) in [6.45, 7) is 2.63. The summed E-state index contributed by atoms with van der Waals surface area (Å²) in [4.78, 5) is 14.5. The van der Waals surface area contributed by atoms with Crippen LogP contribution in [0, 0.1) is 6.92 Å². The van der Waals surface area contributed by atoms with Crippen LogP contribution < -0.4 is 10.2 Å². The van der Waals surface area contributed by atoms with Crippen LogP contribution in [0.3, 0.4) is 0 Å². The number of hydrogen-bond donors (Lipinski definition) is 1. The molecule has 1 aromatic heterocycles. The first-order chi connectivity index (χ1) is 12.5. The fourth-order valence-corrected chi connectivity index (χ4v) is 2.81. The van der Waals surface area contributed by atoms with Crippen molar-refractivity contribution in [3.8, 4) is 0 Å². The number of anilines is 2. The van der Waals surface area contributed by atoms with E-state index in [-0.39, 0.29) is 5.91 Å². The van der Waals surface area contributed by atoms with Gasteiger partial charge >= 0.3 is 0 Å². The van der Waals surface area contributed by atoms with Gasteiger partial charge < -0.3 is 10.2 Å². The Hall–Kier alpha value is -3.08. The second-order valence-corrected chi connectivity index (χ2v) is 6.59. The molecule has 0 aliphatic heterocycles. The third kappa shape index (κ3) is 4.30. The minimum Gasteiger partial charge on any atom is -0.378 e. The van der Waals surface area contributed by atoms with Crippen LogP contribution in [-0.2, 0) is 17.8 Å². The summed E-state index contributed by atoms with van der Waals surface area (Å²) in [5.74, 6) is 0.671. The van der Waals surface area contributed by atoms with Crippen LogP contribution in [0.15, 0.2) is 60.8 Å². The van der Waals surface area contributed by atoms with Crippen molar-refractivity contribution in [2.75, 3.05) is 24.3 Å². The molecule has 3 aromatic rings. The Bertz CT molecular complexity index is 881. The predicted octanol–water partition coefficient (Wildman–Crippen LogP) is 3.49. The Kier molecular flexibility index (Phi) is 5.37. The molecule has 0 aliphatic carbocycles. The standard InChI is InChI=1S/C21H24N4O/c1-16-6-4-5-7-18(16)14-21(26)23-20-12-13-22-25(20)15-17-8-10-19(11-9-17)24(2)3/h4-13H,14-15H2,1-3H3,(H,23,26). The molecule has 26 heavy (non-hydrogen) atoms. The van der Waals surface area contributed by atoms with E-state index in [1.165, 1.54) is 0 Å². The van der Waals surface area contributed by atoms with Gasteiger partial charge in [-0.2, -0.15) is 5.10 Å². The summed E-state index contributed by atoms with van der Waals surface area (Å²) in [6.07, 6.45) is 2.06. The Balaban J connectivity index is 1.66. The molecule has 1 amide bonds. The number of nitrogens with one attached hydrogen (secondary N) is 1. The van der Waals surface area contributed by atoms with Crippen molar-refractivity contribution in [1.29, 1.82) is 0 Å². The minimum atomic E-state index is -0.0380. The molecule has 0 atom stereocenters. The van der Waals surface area contributed by atoms with E-state index in [0.29, 0.717) is 18.8 Å². The van der Waals surface area contributed by atoms with E-state index in [1.807, 2.05) is 51.4 Å². The number of rotatable bonds is 6. The lowest BCUT2D eigenvalue weighted by molar-refractivity contribution is -0.115. The van der Waals surface area contributed by atoms with Crippen LogP contribution in [0.5, 0.6) is 0 Å². The van der Waals surface area contributed by atoms with E-state index in [9.17, 15) is 4.79 Å². The maximum Gasteiger partial charge on any atom is 0.229 e. The lowest BCUT2D eigenvalue weighted by atomic mass is 10.1. The molecule has 1 N–H and O–H groups in total. The number of aryl methyl sites for hydroxylation is 1. The second-order valence-electron chi connectivity index (χ2n) is 6.59. The fourth-order valence-electron chi connectivity index (χ4n) is 2.81. The Labute approximate surface area is 154 Å². The molecule has 0 bridgehead atoms. The van der Waals surface area contributed by atoms with E-state index >= 15 is 0 Å². The molecule has 0 fully saturated rings. The molecule has 5 nitrogen and oxygen atoms in total. The van der Waals surface area contributed by atoms with Crippen LogP contribution >= 0.6 is 0 Å². The van der Waals surface area contributed by atoms with Gasteiger partial charge in [0.25, 0.3) is 0 Å². The summed E-state index contributed by atoms with van der Waals surface area (Å²) in [5.41, 5.74) is 4.45. The van der Waals surface area contributed by atoms with Gasteiger partial charge in [-0.1, -0.05) is 36.4 Å². The first-order valence-electron chi connectivity index (χ1n) is 8.65. The number of aromatic nitrogens is 2. The van der Waals surface area contributed by atoms with Crippen LogP contribution in [0.1, 0.15) is 16.7 Å². The van der Waals surface area contributed by atoms with Crippen LogP contribution in [-0.4, -0.2) is 29.8 Å². The Morgan fingerprint density at radius 1 is 1.08 bits per heavy atom. The van der Waals surface area contributed by atoms with E-state index in [2.05, 4.69) is 39.6 Å². The Morgan fingerprint density at radius 3 is 2.50 bits per heavy atom. The zero-order valence-corrected chi connectivity index (χ0v) is 15.4. The van der Waals surface area contributed by atoms with Crippen molar-refractivity contribution < 1.29 is 4.79 Å². The molecule has 0 unspecified atom stereocenters. The van der Waals surface area contributed by atoms with Crippen molar-refractivity contribution in [3.05, 3.63) is 77.5 Å². The van der Waals surface area contributed by atoms with E-state index in [1.54, 1.807) is 10.9 Å². The monoisotopic (exact) mass is 348 g/mol. The highest BCUT2D eigenvalue weighted by molar-refractivity contribution is 5.91. The second kappa shape index (κ2) is 7.87. The van der Waals surface area contributed by atoms with Gasteiger partial charge in [-0.05, 0) is 35.7 Å². The first-order valence-corrected chi connectivity index (χ1v) is 8.65. The maximum absolute atomic E-state index is 12.4. The molecule has 0 spiro atoms. The zero-order valence-electron chi connectivity index (χ0n) is 15.4. The Morgan fingerprint density at radius 2 is 1.81 bits per heavy atom. The topological polar surface area (TPSA) is 50.2 Å². The van der Waals surface area contributed by atoms with Crippen molar-refractivity contribution in [2.24, 2.45) is 0 Å². The van der Waals surface area contributed by atoms with Crippen molar-refractivity contribution in [1.82, 2.24) is 9.78 Å². The quantitative estimate of drug-likeness (QED) is 0.742. The predicted molar refractivity (Wildman–Crippen MR) is 106 cm³/mol. The molecule has 0 radical (unpaired) electrons. The van der Waals surface area contributed by atoms with Gasteiger partial charge in [0, 0.05) is 25.8 Å². The van der Waals surface area contributed by atoms with Crippen molar-refractivity contribution in [3.63, 3.8) is 0 Å². The number of hydrogen-bond acceptors (Lipinski definition) is 3. The summed E-state index contributed by atoms with van der Waals surface area (Å²) >= 11 is 0. The molecular formula is C21H24N4O. The third-order valence-electron chi connectivity index (χ3n) is 4.38. The molecule has 2 aromatic carbocycles. The van der Waals surface area contributed by atoms with Crippen molar-refractivity contribution >= 4 is 17.4 Å². The van der Waals surface area contributed by atoms with Gasteiger partial charge in [-0.3, -0.25) is 4.79 Å². The molecule has 3 rings (SSSR count). The number of carbonyl (C=O) groups excluding carboxylic acids is 1. The summed E-state index contributed by atoms with van der Waals surface area (Å²) in [6, 6.07) is 18.1. The normalized spacial score (nSPS) is 10.6. The molecule has 0 saturated heterocycles. The van der Waals surface area contributed by atoms with E-state index in [4.69, 9.17) is 0 Å². The van der Waals surface area contributed by atoms with Gasteiger partial charge in [0.15, 0.2) is 0 Å². The number of carbonyl (C=O) groups is 1. The van der Waals surface area contributed by atoms with Crippen LogP contribution in [0.4, 0.5) is 11.5 Å². The molecule has 0 saturated carbocycles. The zero-order chi connectivity index (χ0) is 18.5. The van der Waals surface area contributed by atoms with Gasteiger partial charge in [-0.25, -0.2) is 4.68 Å². The van der Waals surface area contributed by atoms with Gasteiger partial charge in [0.05, 0.1) is 19.2 Å². The lowest BCUT2D eigenvalue weighted by Gasteiger charge is -2.13. The average Bonchev–Trinajstić information content (AvgIpc) is 3.04. The van der Waals surface area contributed by atoms with Crippen LogP contribution in [0.25, 0.3) is 0 Å². The van der Waals surface area contributed by atoms with E-state index in [0.717, 1.165) is 22.4 Å². The highest BCUT2D eigenvalue weighted by atomic mass is 16.1. The largest absolute Gasteiger partial charge is 0.378 e. The highest BCUT2D eigenvalue weighted by Crippen LogP contribution is 2.16. The SMILES string of the molecule is Cc1ccccc1CC(=O)Nc1ccnn1Cc1ccc(N(C)C)cc1. The molecular weight excluding hydrogens is 324 g/mol. The fraction of sp³-hybridized carbons (Fsp3) is 0.238. The van der Waals surface area contributed by atoms with Crippen LogP contribution in [0.2, 0.25) is 0 Å². The van der Waals surface area contributed by atoms with Gasteiger partial charge in [0.1, 0.15) is 5.82 Å². The van der Waals surface area contributed by atoms with Crippen molar-refractivity contribution in [2.45, 2.75) is 19.9 Å². The summed E-state index contributed by atoms with van der Waals surface area (Å²) in [5, 5.41) is 7.31. The summed E-state index contributed by atoms with van der Waals surface area (Å²) < 4.78 is 1.81.